The van der Waals surface area contributed by atoms with Crippen molar-refractivity contribution in [1.82, 2.24) is 10.6 Å². The average molecular weight is 723 g/mol. The number of sulfonamides is 1. The van der Waals surface area contributed by atoms with E-state index in [1.807, 2.05) is 38.1 Å². The number of carbonyl (C=O) groups excluding carboxylic acids is 1. The normalized spacial score (nSPS) is 13.1. The molecule has 4 aromatic rings. The predicted octanol–water partition coefficient (Wildman–Crippen LogP) is 5.96. The van der Waals surface area contributed by atoms with Crippen molar-refractivity contribution in [3.8, 4) is 5.75 Å². The molecule has 2 atom stereocenters. The van der Waals surface area contributed by atoms with Crippen LogP contribution in [0.5, 0.6) is 5.75 Å². The number of hydrogen-bond donors (Lipinski definition) is 3. The highest BCUT2D eigenvalue weighted by molar-refractivity contribution is 7.92. The molecule has 0 aliphatic carbocycles. The number of aliphatic hydroxyl groups is 1. The van der Waals surface area contributed by atoms with E-state index in [0.717, 1.165) is 34.3 Å². The monoisotopic (exact) mass is 722 g/mol. The van der Waals surface area contributed by atoms with Crippen LogP contribution in [0.15, 0.2) is 96.2 Å². The number of para-hydroxylation sites is 1. The quantitative estimate of drug-likeness (QED) is 0.0907. The van der Waals surface area contributed by atoms with Crippen LogP contribution in [0.3, 0.4) is 0 Å². The number of anilines is 2. The topological polar surface area (TPSA) is 130 Å². The Morgan fingerprint density at radius 3 is 2.24 bits per heavy atom. The second kappa shape index (κ2) is 17.9. The zero-order valence-electron chi connectivity index (χ0n) is 29.3. The van der Waals surface area contributed by atoms with Crippen molar-refractivity contribution < 1.29 is 36.7 Å². The van der Waals surface area contributed by atoms with Gasteiger partial charge in [0.15, 0.2) is 0 Å². The number of rotatable bonds is 17. The zero-order valence-corrected chi connectivity index (χ0v) is 30.1. The van der Waals surface area contributed by atoms with Crippen LogP contribution in [0.2, 0.25) is 0 Å². The predicted molar refractivity (Wildman–Crippen MR) is 195 cm³/mol. The third-order valence-electron chi connectivity index (χ3n) is 7.74. The second-order valence-corrected chi connectivity index (χ2v) is 14.4. The van der Waals surface area contributed by atoms with Crippen LogP contribution in [0, 0.1) is 17.6 Å². The molecule has 0 spiro atoms. The Morgan fingerprint density at radius 1 is 0.902 bits per heavy atom. The third kappa shape index (κ3) is 11.6. The lowest BCUT2D eigenvalue weighted by atomic mass is 9.99. The molecule has 0 aromatic heterocycles. The van der Waals surface area contributed by atoms with Gasteiger partial charge in [-0.25, -0.2) is 21.5 Å². The molecule has 0 bridgehead atoms. The summed E-state index contributed by atoms with van der Waals surface area (Å²) >= 11 is 0. The van der Waals surface area contributed by atoms with Crippen molar-refractivity contribution in [2.45, 2.75) is 45.9 Å². The van der Waals surface area contributed by atoms with Gasteiger partial charge < -0.3 is 25.3 Å². The number of ether oxygens (including phenoxy) is 1. The van der Waals surface area contributed by atoms with Crippen molar-refractivity contribution in [3.63, 3.8) is 0 Å². The lowest BCUT2D eigenvalue weighted by molar-refractivity contribution is 0.0829. The summed E-state index contributed by atoms with van der Waals surface area (Å²) < 4.78 is 61.1. The van der Waals surface area contributed by atoms with Gasteiger partial charge in [0.25, 0.3) is 5.91 Å². The molecule has 10 nitrogen and oxygen atoms in total. The first-order valence-electron chi connectivity index (χ1n) is 16.4. The second-order valence-electron chi connectivity index (χ2n) is 12.6. The van der Waals surface area contributed by atoms with Crippen LogP contribution in [-0.2, 0) is 27.8 Å². The van der Waals surface area contributed by atoms with Crippen molar-refractivity contribution in [2.24, 2.45) is 11.1 Å². The van der Waals surface area contributed by atoms with Gasteiger partial charge in [-0.05, 0) is 85.0 Å². The molecule has 272 valence electrons. The molecule has 0 unspecified atom stereocenters. The fourth-order valence-electron chi connectivity index (χ4n) is 5.31. The van der Waals surface area contributed by atoms with Gasteiger partial charge in [-0.2, -0.15) is 0 Å². The summed E-state index contributed by atoms with van der Waals surface area (Å²) in [5.41, 5.74) is 2.47. The van der Waals surface area contributed by atoms with Crippen LogP contribution in [0.4, 0.5) is 20.2 Å². The van der Waals surface area contributed by atoms with Gasteiger partial charge in [-0.3, -0.25) is 4.79 Å². The lowest BCUT2D eigenvalue weighted by Gasteiger charge is -2.26. The molecule has 0 aliphatic heterocycles. The number of hydrogen-bond acceptors (Lipinski definition) is 8. The molecule has 1 amide bonds. The van der Waals surface area contributed by atoms with E-state index in [0.29, 0.717) is 35.9 Å². The van der Waals surface area contributed by atoms with E-state index in [2.05, 4.69) is 15.8 Å². The third-order valence-corrected chi connectivity index (χ3v) is 8.82. The number of methoxy groups -OCH3 is 1. The SMILES string of the molecule is COc1cccc(CNC[C@@H](O)[C@H](Cc2cc(F)cc(F)c2)NC(=O)c2cc(/C(C)=N/OCC(C)C)cc(N(c3ccccc3)S(C)(=O)=O)c2)c1. The summed E-state index contributed by atoms with van der Waals surface area (Å²) in [6.07, 6.45) is -0.266. The van der Waals surface area contributed by atoms with Crippen molar-refractivity contribution >= 4 is 33.0 Å². The van der Waals surface area contributed by atoms with Crippen LogP contribution >= 0.6 is 0 Å². The lowest BCUT2D eigenvalue weighted by Crippen LogP contribution is -2.48. The standard InChI is InChI=1S/C38H44F2N4O6S/c1-25(2)24-50-43-26(3)29-18-30(20-34(19-29)44(51(5,47)48)33-11-7-6-8-12-33)38(46)42-36(17-28-14-31(39)21-32(40)15-28)37(45)23-41-22-27-10-9-13-35(16-27)49-4/h6-16,18-21,25,36-37,41,45H,17,22-24H2,1-5H3,(H,42,46)/b43-26+/t36-,37+/m0/s1. The Balaban J connectivity index is 1.70. The van der Waals surface area contributed by atoms with Crippen LogP contribution in [0.25, 0.3) is 0 Å². The minimum Gasteiger partial charge on any atom is -0.497 e. The fraction of sp³-hybridized carbons (Fsp3) is 0.316. The van der Waals surface area contributed by atoms with E-state index < -0.39 is 39.7 Å². The maximum Gasteiger partial charge on any atom is 0.251 e. The van der Waals surface area contributed by atoms with Gasteiger partial charge in [0, 0.05) is 30.3 Å². The molecule has 3 N–H and O–H groups in total. The van der Waals surface area contributed by atoms with E-state index in [1.54, 1.807) is 50.4 Å². The maximum absolute atomic E-state index is 14.2. The smallest absolute Gasteiger partial charge is 0.251 e. The van der Waals surface area contributed by atoms with Gasteiger partial charge in [0.2, 0.25) is 10.0 Å². The van der Waals surface area contributed by atoms with Crippen molar-refractivity contribution in [1.29, 1.82) is 0 Å². The Bertz CT molecular complexity index is 1900. The van der Waals surface area contributed by atoms with Crippen LogP contribution in [-0.4, -0.2) is 63.8 Å². The van der Waals surface area contributed by atoms with E-state index in [4.69, 9.17) is 9.57 Å². The summed E-state index contributed by atoms with van der Waals surface area (Å²) in [7, 11) is -2.34. The Hall–Kier alpha value is -4.85. The van der Waals surface area contributed by atoms with Crippen molar-refractivity contribution in [3.05, 3.63) is 125 Å². The summed E-state index contributed by atoms with van der Waals surface area (Å²) in [6, 6.07) is 22.3. The van der Waals surface area contributed by atoms with Gasteiger partial charge in [-0.15, -0.1) is 0 Å². The zero-order chi connectivity index (χ0) is 37.1. The Kier molecular flexibility index (Phi) is 13.7. The number of aliphatic hydroxyl groups excluding tert-OH is 1. The van der Waals surface area contributed by atoms with E-state index in [1.165, 1.54) is 12.1 Å². The van der Waals surface area contributed by atoms with Crippen molar-refractivity contribution in [2.75, 3.05) is 30.8 Å². The van der Waals surface area contributed by atoms with Crippen LogP contribution < -0.4 is 19.7 Å². The highest BCUT2D eigenvalue weighted by atomic mass is 32.2. The first-order chi connectivity index (χ1) is 24.2. The van der Waals surface area contributed by atoms with Gasteiger partial charge >= 0.3 is 0 Å². The van der Waals surface area contributed by atoms with E-state index >= 15 is 0 Å². The largest absolute Gasteiger partial charge is 0.497 e. The first-order valence-corrected chi connectivity index (χ1v) is 18.2. The molecule has 13 heteroatoms. The van der Waals surface area contributed by atoms with E-state index in [-0.39, 0.29) is 35.7 Å². The molecule has 0 radical (unpaired) electrons. The molecular formula is C38H44F2N4O6S. The Morgan fingerprint density at radius 2 is 1.59 bits per heavy atom. The Labute approximate surface area is 298 Å². The summed E-state index contributed by atoms with van der Waals surface area (Å²) in [6.45, 7) is 6.33. The average Bonchev–Trinajstić information content (AvgIpc) is 3.07. The number of nitrogens with one attached hydrogen (secondary N) is 2. The summed E-state index contributed by atoms with van der Waals surface area (Å²) in [4.78, 5) is 19.5. The minimum absolute atomic E-state index is 0.0140. The molecule has 0 saturated carbocycles. The molecular weight excluding hydrogens is 679 g/mol. The number of nitrogens with zero attached hydrogens (tertiary/aromatic N) is 2. The number of carbonyl (C=O) groups is 1. The number of amides is 1. The van der Waals surface area contributed by atoms with Crippen LogP contribution in [0.1, 0.15) is 47.8 Å². The molecule has 4 aromatic carbocycles. The van der Waals surface area contributed by atoms with E-state index in [9.17, 15) is 27.1 Å². The minimum atomic E-state index is -3.90. The molecule has 0 fully saturated rings. The van der Waals surface area contributed by atoms with Gasteiger partial charge in [-0.1, -0.05) is 49.3 Å². The molecule has 0 aliphatic rings. The molecule has 0 heterocycles. The number of oxime groups is 1. The number of halogens is 2. The maximum atomic E-state index is 14.2. The molecule has 51 heavy (non-hydrogen) atoms. The number of benzene rings is 4. The highest BCUT2D eigenvalue weighted by Gasteiger charge is 2.26. The highest BCUT2D eigenvalue weighted by Crippen LogP contribution is 2.30. The molecule has 4 rings (SSSR count). The molecule has 0 saturated heterocycles. The van der Waals surface area contributed by atoms with Gasteiger partial charge in [0.05, 0.1) is 42.6 Å². The fourth-order valence-corrected chi connectivity index (χ4v) is 6.30. The summed E-state index contributed by atoms with van der Waals surface area (Å²) in [5, 5.41) is 21.5. The van der Waals surface area contributed by atoms with Gasteiger partial charge in [0.1, 0.15) is 24.0 Å². The first kappa shape index (κ1) is 38.9. The summed E-state index contributed by atoms with van der Waals surface area (Å²) in [5.74, 6) is -1.39.